The molecule has 3 rings (SSSR count). The fourth-order valence-electron chi connectivity index (χ4n) is 2.67. The van der Waals surface area contributed by atoms with Crippen LogP contribution in [0.4, 0.5) is 5.95 Å². The minimum atomic E-state index is -0.970. The lowest BCUT2D eigenvalue weighted by molar-refractivity contribution is 0.0694. The highest BCUT2D eigenvalue weighted by atomic mass is 16.4. The van der Waals surface area contributed by atoms with Crippen molar-refractivity contribution in [3.05, 3.63) is 52.8 Å². The number of benzene rings is 1. The summed E-state index contributed by atoms with van der Waals surface area (Å²) in [5.41, 5.74) is 3.43. The van der Waals surface area contributed by atoms with Crippen LogP contribution < -0.4 is 4.90 Å². The molecule has 0 fully saturated rings. The Labute approximate surface area is 123 Å². The molecule has 0 spiro atoms. The molecule has 21 heavy (non-hydrogen) atoms. The maximum atomic E-state index is 11.1. The van der Waals surface area contributed by atoms with Crippen LogP contribution in [-0.4, -0.2) is 27.6 Å². The van der Waals surface area contributed by atoms with Crippen LogP contribution >= 0.6 is 0 Å². The van der Waals surface area contributed by atoms with Crippen molar-refractivity contribution in [3.63, 3.8) is 0 Å². The Morgan fingerprint density at radius 1 is 1.33 bits per heavy atom. The second-order valence-corrected chi connectivity index (χ2v) is 5.13. The highest BCUT2D eigenvalue weighted by Crippen LogP contribution is 2.22. The van der Waals surface area contributed by atoms with Crippen molar-refractivity contribution in [1.29, 1.82) is 0 Å². The maximum absolute atomic E-state index is 11.1. The zero-order valence-electron chi connectivity index (χ0n) is 11.9. The molecule has 0 saturated heterocycles. The summed E-state index contributed by atoms with van der Waals surface area (Å²) in [6.07, 6.45) is 2.97. The maximum Gasteiger partial charge on any atom is 0.339 e. The van der Waals surface area contributed by atoms with Crippen LogP contribution in [0.15, 0.2) is 30.5 Å². The Hall–Kier alpha value is -2.43. The van der Waals surface area contributed by atoms with Crippen LogP contribution in [0, 0.1) is 0 Å². The van der Waals surface area contributed by atoms with E-state index in [0.29, 0.717) is 18.1 Å². The van der Waals surface area contributed by atoms with E-state index >= 15 is 0 Å². The van der Waals surface area contributed by atoms with Gasteiger partial charge in [0.15, 0.2) is 0 Å². The van der Waals surface area contributed by atoms with Crippen molar-refractivity contribution >= 4 is 11.9 Å². The SMILES string of the molecule is CCc1nc(N2CCc3ccccc3C2)ncc1C(=O)O. The largest absolute Gasteiger partial charge is 0.478 e. The fraction of sp³-hybridized carbons (Fsp3) is 0.312. The van der Waals surface area contributed by atoms with Crippen molar-refractivity contribution in [2.45, 2.75) is 26.3 Å². The molecular formula is C16H17N3O2. The monoisotopic (exact) mass is 283 g/mol. The molecule has 5 nitrogen and oxygen atoms in total. The Morgan fingerprint density at radius 2 is 2.10 bits per heavy atom. The summed E-state index contributed by atoms with van der Waals surface area (Å²) >= 11 is 0. The highest BCUT2D eigenvalue weighted by molar-refractivity contribution is 5.88. The normalized spacial score (nSPS) is 13.9. The van der Waals surface area contributed by atoms with Crippen LogP contribution in [0.3, 0.4) is 0 Å². The number of carboxylic acid groups (broad SMARTS) is 1. The van der Waals surface area contributed by atoms with Crippen LogP contribution in [0.1, 0.15) is 34.1 Å². The molecule has 0 aliphatic carbocycles. The minimum absolute atomic E-state index is 0.193. The van der Waals surface area contributed by atoms with Crippen molar-refractivity contribution in [3.8, 4) is 0 Å². The van der Waals surface area contributed by atoms with E-state index in [1.807, 2.05) is 13.0 Å². The van der Waals surface area contributed by atoms with Gasteiger partial charge in [0.25, 0.3) is 0 Å². The number of hydrogen-bond acceptors (Lipinski definition) is 4. The van der Waals surface area contributed by atoms with E-state index in [2.05, 4.69) is 33.1 Å². The van der Waals surface area contributed by atoms with E-state index in [4.69, 9.17) is 5.11 Å². The zero-order valence-corrected chi connectivity index (χ0v) is 11.9. The first kappa shape index (κ1) is 13.5. The first-order valence-corrected chi connectivity index (χ1v) is 7.10. The summed E-state index contributed by atoms with van der Waals surface area (Å²) in [6.45, 7) is 3.53. The van der Waals surface area contributed by atoms with Gasteiger partial charge in [0.1, 0.15) is 0 Å². The molecule has 0 atom stereocenters. The molecule has 0 unspecified atom stereocenters. The molecule has 2 aromatic rings. The lowest BCUT2D eigenvalue weighted by atomic mass is 10.0. The molecule has 2 heterocycles. The zero-order chi connectivity index (χ0) is 14.8. The second-order valence-electron chi connectivity index (χ2n) is 5.13. The van der Waals surface area contributed by atoms with E-state index in [9.17, 15) is 4.79 Å². The van der Waals surface area contributed by atoms with E-state index in [-0.39, 0.29) is 5.56 Å². The van der Waals surface area contributed by atoms with Gasteiger partial charge in [-0.15, -0.1) is 0 Å². The molecule has 1 aromatic heterocycles. The average Bonchev–Trinajstić information content (AvgIpc) is 2.53. The number of hydrogen-bond donors (Lipinski definition) is 1. The van der Waals surface area contributed by atoms with Crippen molar-refractivity contribution < 1.29 is 9.90 Å². The molecule has 1 N–H and O–H groups in total. The molecule has 0 bridgehead atoms. The summed E-state index contributed by atoms with van der Waals surface area (Å²) in [4.78, 5) is 21.9. The Kier molecular flexibility index (Phi) is 3.56. The van der Waals surface area contributed by atoms with Crippen LogP contribution in [0.2, 0.25) is 0 Å². The molecule has 5 heteroatoms. The number of anilines is 1. The topological polar surface area (TPSA) is 66.3 Å². The number of aromatic nitrogens is 2. The molecule has 0 amide bonds. The lowest BCUT2D eigenvalue weighted by Gasteiger charge is -2.29. The molecule has 0 saturated carbocycles. The van der Waals surface area contributed by atoms with Gasteiger partial charge < -0.3 is 10.0 Å². The third kappa shape index (κ3) is 2.59. The van der Waals surface area contributed by atoms with Gasteiger partial charge in [-0.2, -0.15) is 0 Å². The van der Waals surface area contributed by atoms with Crippen LogP contribution in [0.25, 0.3) is 0 Å². The van der Waals surface area contributed by atoms with Gasteiger partial charge in [0.05, 0.1) is 11.3 Å². The number of nitrogens with zero attached hydrogens (tertiary/aromatic N) is 3. The molecule has 1 aliphatic heterocycles. The third-order valence-electron chi connectivity index (χ3n) is 3.83. The Morgan fingerprint density at radius 3 is 2.81 bits per heavy atom. The molecule has 0 radical (unpaired) electrons. The van der Waals surface area contributed by atoms with Crippen LogP contribution in [0.5, 0.6) is 0 Å². The van der Waals surface area contributed by atoms with Gasteiger partial charge in [0, 0.05) is 19.3 Å². The third-order valence-corrected chi connectivity index (χ3v) is 3.83. The van der Waals surface area contributed by atoms with Gasteiger partial charge in [-0.25, -0.2) is 14.8 Å². The fourth-order valence-corrected chi connectivity index (χ4v) is 2.67. The molecule has 1 aliphatic rings. The molecular weight excluding hydrogens is 266 g/mol. The van der Waals surface area contributed by atoms with Gasteiger partial charge >= 0.3 is 5.97 Å². The Balaban J connectivity index is 1.90. The average molecular weight is 283 g/mol. The number of rotatable bonds is 3. The number of fused-ring (bicyclic) bond motifs is 1. The summed E-state index contributed by atoms with van der Waals surface area (Å²) < 4.78 is 0. The molecule has 108 valence electrons. The van der Waals surface area contributed by atoms with Crippen molar-refractivity contribution in [2.24, 2.45) is 0 Å². The highest BCUT2D eigenvalue weighted by Gasteiger charge is 2.20. The first-order valence-electron chi connectivity index (χ1n) is 7.10. The van der Waals surface area contributed by atoms with E-state index in [0.717, 1.165) is 19.5 Å². The summed E-state index contributed by atoms with van der Waals surface area (Å²) in [5, 5.41) is 9.13. The van der Waals surface area contributed by atoms with E-state index in [1.165, 1.54) is 17.3 Å². The number of carboxylic acids is 1. The van der Waals surface area contributed by atoms with E-state index in [1.54, 1.807) is 0 Å². The van der Waals surface area contributed by atoms with Gasteiger partial charge in [-0.3, -0.25) is 0 Å². The van der Waals surface area contributed by atoms with Crippen molar-refractivity contribution in [1.82, 2.24) is 9.97 Å². The lowest BCUT2D eigenvalue weighted by Crippen LogP contribution is -2.32. The number of carbonyl (C=O) groups is 1. The standard InChI is InChI=1S/C16H17N3O2/c1-2-14-13(15(20)21)9-17-16(18-14)19-8-7-11-5-3-4-6-12(11)10-19/h3-6,9H,2,7-8,10H2,1H3,(H,20,21). The predicted octanol–water partition coefficient (Wildman–Crippen LogP) is 2.30. The predicted molar refractivity (Wildman–Crippen MR) is 79.6 cm³/mol. The van der Waals surface area contributed by atoms with Crippen LogP contribution in [-0.2, 0) is 19.4 Å². The van der Waals surface area contributed by atoms with Gasteiger partial charge in [-0.05, 0) is 24.0 Å². The quantitative estimate of drug-likeness (QED) is 0.936. The summed E-state index contributed by atoms with van der Waals surface area (Å²) in [7, 11) is 0. The number of aryl methyl sites for hydroxylation is 1. The van der Waals surface area contributed by atoms with Gasteiger partial charge in [0.2, 0.25) is 5.95 Å². The van der Waals surface area contributed by atoms with Crippen molar-refractivity contribution in [2.75, 3.05) is 11.4 Å². The smallest absolute Gasteiger partial charge is 0.339 e. The second kappa shape index (κ2) is 5.52. The Bertz CT molecular complexity index is 685. The summed E-state index contributed by atoms with van der Waals surface area (Å²) in [5.74, 6) is -0.353. The molecule has 1 aromatic carbocycles. The number of aromatic carboxylic acids is 1. The first-order chi connectivity index (χ1) is 10.2. The minimum Gasteiger partial charge on any atom is -0.478 e. The summed E-state index contributed by atoms with van der Waals surface area (Å²) in [6, 6.07) is 8.36. The van der Waals surface area contributed by atoms with Gasteiger partial charge in [-0.1, -0.05) is 31.2 Å². The van der Waals surface area contributed by atoms with E-state index < -0.39 is 5.97 Å².